The fraction of sp³-hybridized carbons (Fsp3) is 0.400. The minimum Gasteiger partial charge on any atom is -0.338 e. The van der Waals surface area contributed by atoms with Gasteiger partial charge in [0.15, 0.2) is 0 Å². The highest BCUT2D eigenvalue weighted by Gasteiger charge is 2.28. The zero-order chi connectivity index (χ0) is 13.7. The number of nitrogens with zero attached hydrogens (tertiary/aromatic N) is 1. The fourth-order valence-corrected chi connectivity index (χ4v) is 2.23. The summed E-state index contributed by atoms with van der Waals surface area (Å²) in [5, 5.41) is 2.73. The standard InChI is InChI=1S/C15H19FN2O/c1-2-17-15(19)18-10-6-9-13(16)14(18)11-12-7-4-3-5-8-12/h3-5,7-8,11,13H,2,6,9-10H2,1H3,(H,17,19). The number of nitrogens with one attached hydrogen (secondary N) is 1. The van der Waals surface area contributed by atoms with Crippen molar-refractivity contribution in [2.24, 2.45) is 0 Å². The first-order valence-electron chi connectivity index (χ1n) is 6.68. The maximum Gasteiger partial charge on any atom is 0.321 e. The topological polar surface area (TPSA) is 32.3 Å². The Labute approximate surface area is 113 Å². The van der Waals surface area contributed by atoms with Crippen LogP contribution >= 0.6 is 0 Å². The molecule has 1 fully saturated rings. The second-order valence-corrected chi connectivity index (χ2v) is 4.58. The van der Waals surface area contributed by atoms with E-state index in [1.807, 2.05) is 37.3 Å². The highest BCUT2D eigenvalue weighted by atomic mass is 19.1. The van der Waals surface area contributed by atoms with E-state index in [9.17, 15) is 9.18 Å². The number of halogens is 1. The van der Waals surface area contributed by atoms with Crippen molar-refractivity contribution in [2.45, 2.75) is 25.9 Å². The number of carbonyl (C=O) groups excluding carboxylic acids is 1. The van der Waals surface area contributed by atoms with Crippen LogP contribution in [-0.2, 0) is 0 Å². The van der Waals surface area contributed by atoms with Gasteiger partial charge < -0.3 is 5.32 Å². The maximum atomic E-state index is 14.1. The van der Waals surface area contributed by atoms with Crippen molar-refractivity contribution in [3.05, 3.63) is 41.6 Å². The van der Waals surface area contributed by atoms with Crippen LogP contribution in [-0.4, -0.2) is 30.2 Å². The Kier molecular flexibility index (Phi) is 4.55. The molecule has 0 radical (unpaired) electrons. The molecule has 1 aliphatic rings. The molecule has 0 aliphatic carbocycles. The minimum absolute atomic E-state index is 0.216. The number of allylic oxidation sites excluding steroid dienone is 1. The molecule has 4 heteroatoms. The Bertz CT molecular complexity index is 458. The third kappa shape index (κ3) is 3.34. The fourth-order valence-electron chi connectivity index (χ4n) is 2.23. The second-order valence-electron chi connectivity index (χ2n) is 4.58. The number of hydrogen-bond donors (Lipinski definition) is 1. The molecular weight excluding hydrogens is 243 g/mol. The van der Waals surface area contributed by atoms with Crippen LogP contribution in [0.3, 0.4) is 0 Å². The third-order valence-corrected chi connectivity index (χ3v) is 3.16. The van der Waals surface area contributed by atoms with Crippen molar-refractivity contribution < 1.29 is 9.18 Å². The van der Waals surface area contributed by atoms with Crippen LogP contribution in [0, 0.1) is 0 Å². The number of piperidine rings is 1. The van der Waals surface area contributed by atoms with E-state index in [0.717, 1.165) is 5.56 Å². The molecule has 1 heterocycles. The van der Waals surface area contributed by atoms with Gasteiger partial charge in [0.05, 0.1) is 5.70 Å². The van der Waals surface area contributed by atoms with Gasteiger partial charge in [0.1, 0.15) is 6.17 Å². The molecule has 1 unspecified atom stereocenters. The molecule has 0 saturated carbocycles. The average Bonchev–Trinajstić information content (AvgIpc) is 2.42. The zero-order valence-electron chi connectivity index (χ0n) is 11.1. The van der Waals surface area contributed by atoms with Crippen LogP contribution in [0.25, 0.3) is 6.08 Å². The van der Waals surface area contributed by atoms with Gasteiger partial charge in [0.25, 0.3) is 0 Å². The lowest BCUT2D eigenvalue weighted by Crippen LogP contribution is -2.44. The smallest absolute Gasteiger partial charge is 0.321 e. The van der Waals surface area contributed by atoms with Crippen molar-refractivity contribution in [3.8, 4) is 0 Å². The van der Waals surface area contributed by atoms with E-state index in [4.69, 9.17) is 0 Å². The molecule has 3 nitrogen and oxygen atoms in total. The summed E-state index contributed by atoms with van der Waals surface area (Å²) in [5.74, 6) is 0. The maximum absolute atomic E-state index is 14.1. The molecule has 0 spiro atoms. The number of hydrogen-bond acceptors (Lipinski definition) is 1. The molecule has 2 amide bonds. The van der Waals surface area contributed by atoms with Crippen molar-refractivity contribution in [1.29, 1.82) is 0 Å². The van der Waals surface area contributed by atoms with Crippen molar-refractivity contribution >= 4 is 12.1 Å². The van der Waals surface area contributed by atoms with E-state index in [0.29, 0.717) is 31.6 Å². The monoisotopic (exact) mass is 262 g/mol. The average molecular weight is 262 g/mol. The van der Waals surface area contributed by atoms with Crippen LogP contribution < -0.4 is 5.32 Å². The summed E-state index contributed by atoms with van der Waals surface area (Å²) in [5.41, 5.74) is 1.37. The quantitative estimate of drug-likeness (QED) is 0.872. The Balaban J connectivity index is 2.26. The normalized spacial score (nSPS) is 21.5. The predicted molar refractivity (Wildman–Crippen MR) is 74.3 cm³/mol. The van der Waals surface area contributed by atoms with Gasteiger partial charge in [-0.15, -0.1) is 0 Å². The lowest BCUT2D eigenvalue weighted by atomic mass is 10.0. The summed E-state index contributed by atoms with van der Waals surface area (Å²) >= 11 is 0. The summed E-state index contributed by atoms with van der Waals surface area (Å²) in [6.07, 6.45) is 1.87. The number of likely N-dealkylation sites (tertiary alicyclic amines) is 1. The molecular formula is C15H19FN2O. The summed E-state index contributed by atoms with van der Waals surface area (Å²) < 4.78 is 14.1. The van der Waals surface area contributed by atoms with Gasteiger partial charge in [-0.3, -0.25) is 4.90 Å². The summed E-state index contributed by atoms with van der Waals surface area (Å²) in [6, 6.07) is 9.32. The van der Waals surface area contributed by atoms with Crippen LogP contribution in [0.4, 0.5) is 9.18 Å². The van der Waals surface area contributed by atoms with E-state index < -0.39 is 6.17 Å². The molecule has 1 N–H and O–H groups in total. The first-order valence-corrected chi connectivity index (χ1v) is 6.68. The molecule has 1 aromatic carbocycles. The van der Waals surface area contributed by atoms with Gasteiger partial charge >= 0.3 is 6.03 Å². The third-order valence-electron chi connectivity index (χ3n) is 3.16. The van der Waals surface area contributed by atoms with Crippen LogP contribution in [0.15, 0.2) is 36.0 Å². The highest BCUT2D eigenvalue weighted by Crippen LogP contribution is 2.26. The number of alkyl halides is 1. The van der Waals surface area contributed by atoms with E-state index in [2.05, 4.69) is 5.32 Å². The van der Waals surface area contributed by atoms with Crippen LogP contribution in [0.1, 0.15) is 25.3 Å². The van der Waals surface area contributed by atoms with E-state index in [-0.39, 0.29) is 6.03 Å². The number of carbonyl (C=O) groups is 1. The minimum atomic E-state index is -1.07. The molecule has 19 heavy (non-hydrogen) atoms. The Hall–Kier alpha value is -1.84. The molecule has 2 rings (SSSR count). The Morgan fingerprint density at radius 3 is 2.89 bits per heavy atom. The van der Waals surface area contributed by atoms with Crippen LogP contribution in [0.2, 0.25) is 0 Å². The summed E-state index contributed by atoms with van der Waals surface area (Å²) in [6.45, 7) is 2.98. The van der Waals surface area contributed by atoms with Crippen molar-refractivity contribution in [3.63, 3.8) is 0 Å². The first-order chi connectivity index (χ1) is 9.22. The van der Waals surface area contributed by atoms with E-state index in [1.165, 1.54) is 4.90 Å². The first kappa shape index (κ1) is 13.6. The molecule has 1 aliphatic heterocycles. The Morgan fingerprint density at radius 2 is 2.21 bits per heavy atom. The van der Waals surface area contributed by atoms with Gasteiger partial charge in [-0.05, 0) is 31.4 Å². The molecule has 0 aromatic heterocycles. The van der Waals surface area contributed by atoms with E-state index in [1.54, 1.807) is 6.08 Å². The van der Waals surface area contributed by atoms with Gasteiger partial charge in [-0.2, -0.15) is 0 Å². The van der Waals surface area contributed by atoms with Crippen molar-refractivity contribution in [1.82, 2.24) is 10.2 Å². The summed E-state index contributed by atoms with van der Waals surface area (Å²) in [4.78, 5) is 13.5. The molecule has 102 valence electrons. The lowest BCUT2D eigenvalue weighted by molar-refractivity contribution is 0.181. The SMILES string of the molecule is CCNC(=O)N1CCCC(F)C1=Cc1ccccc1. The van der Waals surface area contributed by atoms with Crippen molar-refractivity contribution in [2.75, 3.05) is 13.1 Å². The highest BCUT2D eigenvalue weighted by molar-refractivity contribution is 5.78. The van der Waals surface area contributed by atoms with Gasteiger partial charge in [0, 0.05) is 13.1 Å². The van der Waals surface area contributed by atoms with Gasteiger partial charge in [-0.25, -0.2) is 9.18 Å². The Morgan fingerprint density at radius 1 is 1.47 bits per heavy atom. The summed E-state index contributed by atoms with van der Waals surface area (Å²) in [7, 11) is 0. The number of amides is 2. The molecule has 0 bridgehead atoms. The second kappa shape index (κ2) is 6.36. The molecule has 1 atom stereocenters. The lowest BCUT2D eigenvalue weighted by Gasteiger charge is -2.32. The molecule has 1 saturated heterocycles. The number of urea groups is 1. The van der Waals surface area contributed by atoms with E-state index >= 15 is 0 Å². The number of benzene rings is 1. The predicted octanol–water partition coefficient (Wildman–Crippen LogP) is 3.19. The number of rotatable bonds is 2. The van der Waals surface area contributed by atoms with Crippen LogP contribution in [0.5, 0.6) is 0 Å². The molecule has 1 aromatic rings. The van der Waals surface area contributed by atoms with Gasteiger partial charge in [0.2, 0.25) is 0 Å². The van der Waals surface area contributed by atoms with Gasteiger partial charge in [-0.1, -0.05) is 30.3 Å². The zero-order valence-corrected chi connectivity index (χ0v) is 11.1. The largest absolute Gasteiger partial charge is 0.338 e.